The van der Waals surface area contributed by atoms with Crippen molar-refractivity contribution in [3.63, 3.8) is 0 Å². The number of rotatable bonds is 5. The molecule has 126 valence electrons. The first-order chi connectivity index (χ1) is 11.6. The minimum Gasteiger partial charge on any atom is -0.493 e. The molecule has 0 aliphatic carbocycles. The van der Waals surface area contributed by atoms with Gasteiger partial charge in [-0.3, -0.25) is 9.69 Å². The van der Waals surface area contributed by atoms with Gasteiger partial charge in [0, 0.05) is 11.3 Å². The van der Waals surface area contributed by atoms with E-state index in [2.05, 4.69) is 44.2 Å². The van der Waals surface area contributed by atoms with Gasteiger partial charge in [0.05, 0.1) is 12.4 Å². The highest BCUT2D eigenvalue weighted by Crippen LogP contribution is 2.44. The van der Waals surface area contributed by atoms with E-state index in [9.17, 15) is 4.79 Å². The van der Waals surface area contributed by atoms with Crippen molar-refractivity contribution < 1.29 is 9.53 Å². The Balaban J connectivity index is 1.95. The number of carbonyl (C=O) groups is 1. The Kier molecular flexibility index (Phi) is 5.14. The van der Waals surface area contributed by atoms with Gasteiger partial charge in [-0.1, -0.05) is 44.2 Å². The predicted molar refractivity (Wildman–Crippen MR) is 101 cm³/mol. The number of benzene rings is 2. The summed E-state index contributed by atoms with van der Waals surface area (Å²) in [5.74, 6) is 1.98. The Morgan fingerprint density at radius 3 is 2.54 bits per heavy atom. The number of hydrogen-bond donors (Lipinski definition) is 0. The summed E-state index contributed by atoms with van der Waals surface area (Å²) in [6.45, 7) is 6.94. The van der Waals surface area contributed by atoms with Gasteiger partial charge in [0.1, 0.15) is 11.1 Å². The molecule has 1 saturated heterocycles. The van der Waals surface area contributed by atoms with Crippen LogP contribution in [0.2, 0.25) is 0 Å². The van der Waals surface area contributed by atoms with Crippen molar-refractivity contribution in [1.82, 2.24) is 0 Å². The van der Waals surface area contributed by atoms with E-state index in [1.807, 2.05) is 30.0 Å². The Hall–Kier alpha value is -1.94. The highest BCUT2D eigenvalue weighted by molar-refractivity contribution is 8.00. The van der Waals surface area contributed by atoms with Gasteiger partial charge in [-0.05, 0) is 36.6 Å². The van der Waals surface area contributed by atoms with E-state index in [4.69, 9.17) is 4.74 Å². The van der Waals surface area contributed by atoms with Crippen molar-refractivity contribution in [1.29, 1.82) is 0 Å². The first-order valence-electron chi connectivity index (χ1n) is 8.37. The van der Waals surface area contributed by atoms with Crippen molar-refractivity contribution >= 4 is 23.4 Å². The van der Waals surface area contributed by atoms with Crippen LogP contribution in [0.15, 0.2) is 48.5 Å². The average Bonchev–Trinajstić information content (AvgIpc) is 2.97. The lowest BCUT2D eigenvalue weighted by molar-refractivity contribution is -0.115. The molecule has 1 fully saturated rings. The van der Waals surface area contributed by atoms with Crippen LogP contribution < -0.4 is 9.64 Å². The van der Waals surface area contributed by atoms with E-state index in [0.29, 0.717) is 18.3 Å². The lowest BCUT2D eigenvalue weighted by Gasteiger charge is -2.26. The minimum absolute atomic E-state index is 0.0369. The average molecular weight is 341 g/mol. The van der Waals surface area contributed by atoms with Crippen molar-refractivity contribution in [3.05, 3.63) is 59.7 Å². The lowest BCUT2D eigenvalue weighted by atomic mass is 10.0. The fraction of sp³-hybridized carbons (Fsp3) is 0.350. The second kappa shape index (κ2) is 7.31. The number of carbonyl (C=O) groups excluding carboxylic acids is 1. The van der Waals surface area contributed by atoms with Crippen LogP contribution in [0.3, 0.4) is 0 Å². The third-order valence-electron chi connectivity index (χ3n) is 4.19. The number of ether oxygens (including phenoxy) is 1. The van der Waals surface area contributed by atoms with Gasteiger partial charge in [0.15, 0.2) is 0 Å². The smallest absolute Gasteiger partial charge is 0.238 e. The highest BCUT2D eigenvalue weighted by atomic mass is 32.2. The lowest BCUT2D eigenvalue weighted by Crippen LogP contribution is -2.28. The fourth-order valence-corrected chi connectivity index (χ4v) is 4.13. The Morgan fingerprint density at radius 1 is 1.17 bits per heavy atom. The summed E-state index contributed by atoms with van der Waals surface area (Å²) in [6, 6.07) is 16.3. The molecule has 3 nitrogen and oxygen atoms in total. The number of thioether (sulfide) groups is 1. The van der Waals surface area contributed by atoms with Crippen molar-refractivity contribution in [2.24, 2.45) is 0 Å². The van der Waals surface area contributed by atoms with Crippen molar-refractivity contribution in [2.75, 3.05) is 17.3 Å². The van der Waals surface area contributed by atoms with E-state index >= 15 is 0 Å². The molecule has 0 unspecified atom stereocenters. The molecule has 4 heteroatoms. The maximum absolute atomic E-state index is 12.5. The van der Waals surface area contributed by atoms with Crippen LogP contribution >= 0.6 is 11.8 Å². The first-order valence-corrected chi connectivity index (χ1v) is 9.42. The van der Waals surface area contributed by atoms with Gasteiger partial charge < -0.3 is 4.74 Å². The molecule has 0 bridgehead atoms. The van der Waals surface area contributed by atoms with Crippen LogP contribution in [-0.2, 0) is 4.79 Å². The summed E-state index contributed by atoms with van der Waals surface area (Å²) < 4.78 is 5.77. The molecule has 0 aromatic heterocycles. The van der Waals surface area contributed by atoms with Crippen molar-refractivity contribution in [3.8, 4) is 5.75 Å². The van der Waals surface area contributed by atoms with Crippen LogP contribution in [0.4, 0.5) is 5.69 Å². The highest BCUT2D eigenvalue weighted by Gasteiger charge is 2.35. The molecule has 0 N–H and O–H groups in total. The van der Waals surface area contributed by atoms with Gasteiger partial charge in [-0.2, -0.15) is 0 Å². The topological polar surface area (TPSA) is 29.5 Å². The summed E-state index contributed by atoms with van der Waals surface area (Å²) >= 11 is 1.65. The van der Waals surface area contributed by atoms with Crippen LogP contribution in [0.5, 0.6) is 5.75 Å². The Morgan fingerprint density at radius 2 is 1.88 bits per heavy atom. The molecule has 1 heterocycles. The van der Waals surface area contributed by atoms with Gasteiger partial charge in [-0.25, -0.2) is 0 Å². The molecular weight excluding hydrogens is 318 g/mol. The standard InChI is InChI=1S/C20H23NO2S/c1-4-23-18-8-6-5-7-17(18)20-21(19(22)13-24-20)16-11-9-15(10-12-16)14(2)3/h5-12,14,20H,4,13H2,1-3H3/t20-/m1/s1. The SMILES string of the molecule is CCOc1ccccc1[C@H]1SCC(=O)N1c1ccc(C(C)C)cc1. The number of amides is 1. The quantitative estimate of drug-likeness (QED) is 0.767. The molecule has 2 aromatic rings. The van der Waals surface area contributed by atoms with E-state index in [0.717, 1.165) is 17.0 Å². The molecule has 3 rings (SSSR count). The van der Waals surface area contributed by atoms with Crippen LogP contribution in [-0.4, -0.2) is 18.3 Å². The monoisotopic (exact) mass is 341 g/mol. The molecule has 0 radical (unpaired) electrons. The van der Waals surface area contributed by atoms with Gasteiger partial charge in [0.2, 0.25) is 5.91 Å². The zero-order chi connectivity index (χ0) is 17.1. The van der Waals surface area contributed by atoms with E-state index < -0.39 is 0 Å². The molecule has 1 aliphatic rings. The zero-order valence-electron chi connectivity index (χ0n) is 14.4. The fourth-order valence-electron chi connectivity index (χ4n) is 2.92. The van der Waals surface area contributed by atoms with Gasteiger partial charge in [-0.15, -0.1) is 11.8 Å². The molecule has 1 amide bonds. The third kappa shape index (κ3) is 3.29. The van der Waals surface area contributed by atoms with Gasteiger partial charge in [0.25, 0.3) is 0 Å². The van der Waals surface area contributed by atoms with E-state index in [-0.39, 0.29) is 11.3 Å². The molecule has 1 atom stereocenters. The molecule has 0 spiro atoms. The van der Waals surface area contributed by atoms with Crippen LogP contribution in [0.25, 0.3) is 0 Å². The predicted octanol–water partition coefficient (Wildman–Crippen LogP) is 4.99. The zero-order valence-corrected chi connectivity index (χ0v) is 15.2. The second-order valence-corrected chi connectivity index (χ2v) is 7.21. The van der Waals surface area contributed by atoms with Gasteiger partial charge >= 0.3 is 0 Å². The maximum atomic E-state index is 12.5. The minimum atomic E-state index is -0.0369. The Labute approximate surface area is 148 Å². The second-order valence-electron chi connectivity index (χ2n) is 6.14. The summed E-state index contributed by atoms with van der Waals surface area (Å²) in [5, 5.41) is -0.0369. The molecular formula is C20H23NO2S. The molecule has 24 heavy (non-hydrogen) atoms. The maximum Gasteiger partial charge on any atom is 0.238 e. The van der Waals surface area contributed by atoms with E-state index in [1.54, 1.807) is 11.8 Å². The number of para-hydroxylation sites is 1. The number of nitrogens with zero attached hydrogens (tertiary/aromatic N) is 1. The van der Waals surface area contributed by atoms with E-state index in [1.165, 1.54) is 5.56 Å². The molecule has 1 aliphatic heterocycles. The summed E-state index contributed by atoms with van der Waals surface area (Å²) in [5.41, 5.74) is 3.29. The summed E-state index contributed by atoms with van der Waals surface area (Å²) in [7, 11) is 0. The van der Waals surface area contributed by atoms with Crippen LogP contribution in [0, 0.1) is 0 Å². The number of hydrogen-bond acceptors (Lipinski definition) is 3. The third-order valence-corrected chi connectivity index (χ3v) is 5.38. The molecule has 0 saturated carbocycles. The van der Waals surface area contributed by atoms with Crippen LogP contribution in [0.1, 0.15) is 43.2 Å². The normalized spacial score (nSPS) is 17.6. The largest absolute Gasteiger partial charge is 0.493 e. The number of anilines is 1. The Bertz CT molecular complexity index is 712. The van der Waals surface area contributed by atoms with Crippen molar-refractivity contribution in [2.45, 2.75) is 32.1 Å². The first kappa shape index (κ1) is 16.9. The molecule has 2 aromatic carbocycles. The summed E-state index contributed by atoms with van der Waals surface area (Å²) in [6.07, 6.45) is 0. The summed E-state index contributed by atoms with van der Waals surface area (Å²) in [4.78, 5) is 14.4.